The van der Waals surface area contributed by atoms with Crippen LogP contribution < -0.4 is 10.3 Å². The Morgan fingerprint density at radius 2 is 1.93 bits per heavy atom. The highest BCUT2D eigenvalue weighted by Crippen LogP contribution is 2.26. The van der Waals surface area contributed by atoms with Gasteiger partial charge in [-0.2, -0.15) is 0 Å². The number of hydrogen-bond acceptors (Lipinski definition) is 5. The van der Waals surface area contributed by atoms with E-state index >= 15 is 0 Å². The molecule has 1 aliphatic heterocycles. The highest BCUT2D eigenvalue weighted by atomic mass is 16.5. The minimum Gasteiger partial charge on any atom is -0.496 e. The molecule has 0 aliphatic carbocycles. The zero-order chi connectivity index (χ0) is 19.7. The van der Waals surface area contributed by atoms with Gasteiger partial charge in [0.25, 0.3) is 5.56 Å². The Morgan fingerprint density at radius 1 is 1.14 bits per heavy atom. The molecular formula is C22H24N4O2. The van der Waals surface area contributed by atoms with Crippen molar-refractivity contribution in [1.29, 1.82) is 0 Å². The van der Waals surface area contributed by atoms with E-state index in [2.05, 4.69) is 34.8 Å². The van der Waals surface area contributed by atoms with Crippen LogP contribution >= 0.6 is 0 Å². The second kappa shape index (κ2) is 7.56. The number of nitrogens with zero attached hydrogens (tertiary/aromatic N) is 3. The highest BCUT2D eigenvalue weighted by Gasteiger charge is 2.22. The van der Waals surface area contributed by atoms with Gasteiger partial charge in [-0.3, -0.25) is 14.7 Å². The Morgan fingerprint density at radius 3 is 2.68 bits per heavy atom. The first-order valence-electron chi connectivity index (χ1n) is 9.44. The molecule has 4 rings (SSSR count). The van der Waals surface area contributed by atoms with Gasteiger partial charge in [-0.25, -0.2) is 4.98 Å². The van der Waals surface area contributed by atoms with E-state index in [1.165, 1.54) is 16.7 Å². The summed E-state index contributed by atoms with van der Waals surface area (Å²) in [7, 11) is 1.70. The summed E-state index contributed by atoms with van der Waals surface area (Å²) in [5.41, 5.74) is 6.21. The normalized spacial score (nSPS) is 14.0. The van der Waals surface area contributed by atoms with Crippen LogP contribution in [0.3, 0.4) is 0 Å². The van der Waals surface area contributed by atoms with Crippen molar-refractivity contribution in [2.75, 3.05) is 13.7 Å². The van der Waals surface area contributed by atoms with Gasteiger partial charge in [0.15, 0.2) is 0 Å². The summed E-state index contributed by atoms with van der Waals surface area (Å²) in [6.45, 7) is 6.56. The van der Waals surface area contributed by atoms with Crippen molar-refractivity contribution in [2.45, 2.75) is 33.4 Å². The van der Waals surface area contributed by atoms with Crippen LogP contribution in [0.2, 0.25) is 0 Å². The van der Waals surface area contributed by atoms with Crippen LogP contribution in [0.25, 0.3) is 11.4 Å². The van der Waals surface area contributed by atoms with Gasteiger partial charge in [-0.15, -0.1) is 0 Å². The van der Waals surface area contributed by atoms with Crippen LogP contribution in [-0.2, 0) is 19.5 Å². The molecule has 0 spiro atoms. The lowest BCUT2D eigenvalue weighted by atomic mass is 10.00. The molecule has 0 fully saturated rings. The molecule has 6 nitrogen and oxygen atoms in total. The summed E-state index contributed by atoms with van der Waals surface area (Å²) in [6.07, 6.45) is 4.12. The van der Waals surface area contributed by atoms with Gasteiger partial charge in [0.05, 0.1) is 12.8 Å². The summed E-state index contributed by atoms with van der Waals surface area (Å²) in [5, 5.41) is 0. The first-order chi connectivity index (χ1) is 13.6. The topological polar surface area (TPSA) is 71.1 Å². The average molecular weight is 376 g/mol. The summed E-state index contributed by atoms with van der Waals surface area (Å²) in [6, 6.07) is 7.87. The predicted octanol–water partition coefficient (Wildman–Crippen LogP) is 3.02. The Balaban J connectivity index is 1.60. The molecule has 144 valence electrons. The minimum absolute atomic E-state index is 0.0343. The van der Waals surface area contributed by atoms with Gasteiger partial charge in [0.1, 0.15) is 11.6 Å². The molecule has 0 radical (unpaired) electrons. The maximum absolute atomic E-state index is 12.5. The number of rotatable bonds is 4. The molecule has 0 amide bonds. The number of fused-ring (bicyclic) bond motifs is 1. The van der Waals surface area contributed by atoms with Gasteiger partial charge in [0, 0.05) is 43.2 Å². The molecule has 3 aromatic rings. The number of methoxy groups -OCH3 is 1. The largest absolute Gasteiger partial charge is 0.496 e. The summed E-state index contributed by atoms with van der Waals surface area (Å²) in [4.78, 5) is 26.6. The lowest BCUT2D eigenvalue weighted by Gasteiger charge is -2.28. The zero-order valence-electron chi connectivity index (χ0n) is 16.5. The third-order valence-corrected chi connectivity index (χ3v) is 5.57. The minimum atomic E-state index is -0.0343. The van der Waals surface area contributed by atoms with E-state index in [0.29, 0.717) is 18.8 Å². The smallest absolute Gasteiger partial charge is 0.254 e. The maximum atomic E-state index is 12.5. The molecule has 0 unspecified atom stereocenters. The summed E-state index contributed by atoms with van der Waals surface area (Å²) < 4.78 is 5.42. The zero-order valence-corrected chi connectivity index (χ0v) is 16.5. The number of ether oxygens (including phenoxy) is 1. The average Bonchev–Trinajstić information content (AvgIpc) is 2.72. The number of aromatic amines is 1. The van der Waals surface area contributed by atoms with E-state index in [4.69, 9.17) is 9.72 Å². The second-order valence-corrected chi connectivity index (χ2v) is 7.21. The van der Waals surface area contributed by atoms with E-state index in [9.17, 15) is 4.79 Å². The fourth-order valence-corrected chi connectivity index (χ4v) is 3.76. The first kappa shape index (κ1) is 18.4. The van der Waals surface area contributed by atoms with E-state index in [1.54, 1.807) is 19.5 Å². The second-order valence-electron chi connectivity index (χ2n) is 7.21. The molecular weight excluding hydrogens is 352 g/mol. The molecule has 1 aromatic carbocycles. The standard InChI is InChI=1S/C22H24N4O2/c1-14-15(2)20(28-3)5-4-17(14)12-26-11-8-18-19(13-26)24-21(25-22(18)27)16-6-9-23-10-7-16/h4-7,9-10H,8,11-13H2,1-3H3,(H,24,25,27). The number of nitrogens with one attached hydrogen (secondary N) is 1. The Bertz CT molecular complexity index is 1060. The highest BCUT2D eigenvalue weighted by molar-refractivity contribution is 5.54. The molecule has 1 aliphatic rings. The van der Waals surface area contributed by atoms with E-state index < -0.39 is 0 Å². The van der Waals surface area contributed by atoms with Crippen molar-refractivity contribution >= 4 is 0 Å². The Labute approximate surface area is 164 Å². The van der Waals surface area contributed by atoms with Crippen molar-refractivity contribution in [1.82, 2.24) is 19.9 Å². The number of H-pyrrole nitrogens is 1. The maximum Gasteiger partial charge on any atom is 0.254 e. The molecule has 3 heterocycles. The molecule has 6 heteroatoms. The third kappa shape index (κ3) is 3.43. The number of pyridine rings is 1. The van der Waals surface area contributed by atoms with E-state index in [1.807, 2.05) is 18.2 Å². The van der Waals surface area contributed by atoms with Crippen LogP contribution in [0.1, 0.15) is 27.9 Å². The lowest BCUT2D eigenvalue weighted by Crippen LogP contribution is -2.35. The monoisotopic (exact) mass is 376 g/mol. The molecule has 28 heavy (non-hydrogen) atoms. The third-order valence-electron chi connectivity index (χ3n) is 5.57. The van der Waals surface area contributed by atoms with Crippen molar-refractivity contribution in [3.05, 3.63) is 75.0 Å². The van der Waals surface area contributed by atoms with Crippen molar-refractivity contribution in [2.24, 2.45) is 0 Å². The summed E-state index contributed by atoms with van der Waals surface area (Å²) >= 11 is 0. The van der Waals surface area contributed by atoms with Gasteiger partial charge >= 0.3 is 0 Å². The number of benzene rings is 1. The summed E-state index contributed by atoms with van der Waals surface area (Å²) in [5.74, 6) is 1.52. The molecule has 1 N–H and O–H groups in total. The van der Waals surface area contributed by atoms with Crippen LogP contribution in [-0.4, -0.2) is 33.5 Å². The Kier molecular flexibility index (Phi) is 4.96. The predicted molar refractivity (Wildman–Crippen MR) is 108 cm³/mol. The molecule has 0 saturated carbocycles. The van der Waals surface area contributed by atoms with E-state index in [0.717, 1.165) is 35.7 Å². The lowest BCUT2D eigenvalue weighted by molar-refractivity contribution is 0.240. The van der Waals surface area contributed by atoms with Crippen molar-refractivity contribution < 1.29 is 4.74 Å². The fourth-order valence-electron chi connectivity index (χ4n) is 3.76. The quantitative estimate of drug-likeness (QED) is 0.758. The van der Waals surface area contributed by atoms with Crippen LogP contribution in [0, 0.1) is 13.8 Å². The van der Waals surface area contributed by atoms with Crippen molar-refractivity contribution in [3.8, 4) is 17.1 Å². The van der Waals surface area contributed by atoms with Gasteiger partial charge in [-0.05, 0) is 55.2 Å². The van der Waals surface area contributed by atoms with Crippen LogP contribution in [0.5, 0.6) is 5.75 Å². The van der Waals surface area contributed by atoms with Gasteiger partial charge in [-0.1, -0.05) is 6.07 Å². The number of aromatic nitrogens is 3. The molecule has 0 bridgehead atoms. The first-order valence-corrected chi connectivity index (χ1v) is 9.44. The molecule has 0 saturated heterocycles. The molecule has 2 aromatic heterocycles. The Hall–Kier alpha value is -2.99. The van der Waals surface area contributed by atoms with Crippen LogP contribution in [0.15, 0.2) is 41.5 Å². The van der Waals surface area contributed by atoms with Gasteiger partial charge in [0.2, 0.25) is 0 Å². The van der Waals surface area contributed by atoms with E-state index in [-0.39, 0.29) is 5.56 Å². The van der Waals surface area contributed by atoms with Crippen LogP contribution in [0.4, 0.5) is 0 Å². The van der Waals surface area contributed by atoms with Crippen molar-refractivity contribution in [3.63, 3.8) is 0 Å². The number of hydrogen-bond donors (Lipinski definition) is 1. The SMILES string of the molecule is COc1ccc(CN2CCc3c(nc(-c4ccncc4)[nH]c3=O)C2)c(C)c1C. The van der Waals surface area contributed by atoms with Gasteiger partial charge < -0.3 is 9.72 Å². The molecule has 0 atom stereocenters. The fraction of sp³-hybridized carbons (Fsp3) is 0.318.